The van der Waals surface area contributed by atoms with E-state index in [0.717, 1.165) is 46.0 Å². The number of ether oxygens (including phenoxy) is 1. The second kappa shape index (κ2) is 10.1. The minimum Gasteiger partial charge on any atom is -0.490 e. The molecule has 2 N–H and O–H groups in total. The van der Waals surface area contributed by atoms with Crippen molar-refractivity contribution in [2.75, 3.05) is 6.61 Å². The van der Waals surface area contributed by atoms with E-state index in [1.807, 2.05) is 32.0 Å². The number of benzene rings is 2. The van der Waals surface area contributed by atoms with Crippen molar-refractivity contribution in [1.29, 1.82) is 5.26 Å². The summed E-state index contributed by atoms with van der Waals surface area (Å²) in [5.74, 6) is 0.421. The highest BCUT2D eigenvalue weighted by atomic mass is 32.1. The number of carbonyl (C=O) groups excluding carboxylic acids is 1. The number of carbonyl (C=O) groups is 1. The fourth-order valence-corrected chi connectivity index (χ4v) is 5.02. The van der Waals surface area contributed by atoms with E-state index in [2.05, 4.69) is 27.6 Å². The van der Waals surface area contributed by atoms with Crippen molar-refractivity contribution >= 4 is 17.2 Å². The van der Waals surface area contributed by atoms with Crippen molar-refractivity contribution < 1.29 is 14.6 Å². The maximum absolute atomic E-state index is 12.0. The summed E-state index contributed by atoms with van der Waals surface area (Å²) in [6.45, 7) is 3.70. The molecule has 0 saturated heterocycles. The summed E-state index contributed by atoms with van der Waals surface area (Å²) in [4.78, 5) is 12.0. The van der Waals surface area contributed by atoms with E-state index in [1.54, 1.807) is 12.1 Å². The smallest absolute Gasteiger partial charge is 0.222 e. The molecule has 2 aromatic carbocycles. The van der Waals surface area contributed by atoms with Gasteiger partial charge in [0, 0.05) is 17.5 Å². The normalized spacial score (nSPS) is 15.1. The quantitative estimate of drug-likeness (QED) is 0.539. The van der Waals surface area contributed by atoms with Crippen molar-refractivity contribution in [2.24, 2.45) is 0 Å². The number of aromatic nitrogens is 2. The molecule has 4 rings (SSSR count). The van der Waals surface area contributed by atoms with Crippen LogP contribution in [0.4, 0.5) is 0 Å². The van der Waals surface area contributed by atoms with Gasteiger partial charge in [-0.1, -0.05) is 29.5 Å². The molecule has 8 heteroatoms. The Balaban J connectivity index is 1.64. The molecule has 33 heavy (non-hydrogen) atoms. The number of amides is 1. The molecule has 1 aliphatic rings. The second-order valence-corrected chi connectivity index (χ2v) is 9.24. The molecular formula is C25H26N4O3S. The van der Waals surface area contributed by atoms with Gasteiger partial charge in [0.15, 0.2) is 0 Å². The Labute approximate surface area is 197 Å². The highest BCUT2D eigenvalue weighted by molar-refractivity contribution is 7.17. The zero-order chi connectivity index (χ0) is 23.4. The summed E-state index contributed by atoms with van der Waals surface area (Å²) in [6.07, 6.45) is 2.83. The van der Waals surface area contributed by atoms with E-state index < -0.39 is 0 Å². The Bertz CT molecular complexity index is 1200. The van der Waals surface area contributed by atoms with Gasteiger partial charge >= 0.3 is 0 Å². The third-order valence-electron chi connectivity index (χ3n) is 5.55. The van der Waals surface area contributed by atoms with E-state index in [-0.39, 0.29) is 31.1 Å². The van der Waals surface area contributed by atoms with Gasteiger partial charge in [-0.3, -0.25) is 4.79 Å². The largest absolute Gasteiger partial charge is 0.490 e. The first kappa shape index (κ1) is 22.9. The molecule has 0 unspecified atom stereocenters. The summed E-state index contributed by atoms with van der Waals surface area (Å²) < 4.78 is 5.72. The predicted octanol–water partition coefficient (Wildman–Crippen LogP) is 4.41. The minimum absolute atomic E-state index is 0.0161. The third-order valence-corrected chi connectivity index (χ3v) is 6.55. The van der Waals surface area contributed by atoms with Crippen LogP contribution in [0.5, 0.6) is 5.75 Å². The monoisotopic (exact) mass is 462 g/mol. The standard InChI is InChI=1S/C25H26N4O3S/c1-15(2)32-22-10-9-16(13-17(22)14-26)24-28-29-25(33-24)20-7-3-6-19-18(20)5-4-8-21(19)27-23(31)11-12-30/h3,6-7,9-10,13,15,21,30H,4-5,8,11-12H2,1-2H3,(H,27,31)/t21-/m0/s1. The summed E-state index contributed by atoms with van der Waals surface area (Å²) in [5, 5.41) is 32.0. The SMILES string of the molecule is CC(C)Oc1ccc(-c2nnc(-c3cccc4c3CCC[C@@H]4NC(=O)CCO)s2)cc1C#N. The predicted molar refractivity (Wildman–Crippen MR) is 127 cm³/mol. The second-order valence-electron chi connectivity index (χ2n) is 8.26. The lowest BCUT2D eigenvalue weighted by Gasteiger charge is -2.27. The summed E-state index contributed by atoms with van der Waals surface area (Å²) >= 11 is 1.48. The number of fused-ring (bicyclic) bond motifs is 1. The molecule has 0 spiro atoms. The first-order valence-corrected chi connectivity index (χ1v) is 11.9. The molecule has 0 fully saturated rings. The van der Waals surface area contributed by atoms with E-state index in [9.17, 15) is 10.1 Å². The fraction of sp³-hybridized carbons (Fsp3) is 0.360. The van der Waals surface area contributed by atoms with Gasteiger partial charge < -0.3 is 15.2 Å². The van der Waals surface area contributed by atoms with Crippen LogP contribution in [0.2, 0.25) is 0 Å². The maximum atomic E-state index is 12.0. The first-order valence-electron chi connectivity index (χ1n) is 11.1. The van der Waals surface area contributed by atoms with Gasteiger partial charge in [0.1, 0.15) is 21.8 Å². The molecule has 170 valence electrons. The van der Waals surface area contributed by atoms with Gasteiger partial charge in [-0.25, -0.2) is 0 Å². The molecule has 3 aromatic rings. The lowest BCUT2D eigenvalue weighted by atomic mass is 9.85. The Hall–Kier alpha value is -3.28. The number of aliphatic hydroxyl groups is 1. The maximum Gasteiger partial charge on any atom is 0.222 e. The molecule has 0 aliphatic heterocycles. The molecule has 1 amide bonds. The first-order chi connectivity index (χ1) is 16.0. The molecule has 1 heterocycles. The zero-order valence-corrected chi connectivity index (χ0v) is 19.5. The zero-order valence-electron chi connectivity index (χ0n) is 18.7. The Morgan fingerprint density at radius 3 is 2.88 bits per heavy atom. The Morgan fingerprint density at radius 2 is 2.12 bits per heavy atom. The number of hydrogen-bond acceptors (Lipinski definition) is 7. The van der Waals surface area contributed by atoms with Crippen molar-refractivity contribution in [3.63, 3.8) is 0 Å². The molecule has 0 bridgehead atoms. The Morgan fingerprint density at radius 1 is 1.30 bits per heavy atom. The molecule has 0 saturated carbocycles. The van der Waals surface area contributed by atoms with Gasteiger partial charge in [0.2, 0.25) is 5.91 Å². The van der Waals surface area contributed by atoms with Crippen molar-refractivity contribution in [3.05, 3.63) is 53.1 Å². The number of hydrogen-bond donors (Lipinski definition) is 2. The summed E-state index contributed by atoms with van der Waals surface area (Å²) in [5.41, 5.74) is 4.60. The average Bonchev–Trinajstić information content (AvgIpc) is 3.29. The molecule has 1 atom stereocenters. The van der Waals surface area contributed by atoms with Crippen LogP contribution in [-0.2, 0) is 11.2 Å². The van der Waals surface area contributed by atoms with Crippen LogP contribution in [0, 0.1) is 11.3 Å². The molecule has 1 aliphatic carbocycles. The number of nitriles is 1. The summed E-state index contributed by atoms with van der Waals surface area (Å²) in [7, 11) is 0. The van der Waals surface area contributed by atoms with Gasteiger partial charge in [0.05, 0.1) is 24.3 Å². The lowest BCUT2D eigenvalue weighted by Crippen LogP contribution is -2.31. The van der Waals surface area contributed by atoms with Crippen molar-refractivity contribution in [2.45, 2.75) is 51.7 Å². The van der Waals surface area contributed by atoms with Crippen LogP contribution in [0.25, 0.3) is 21.1 Å². The van der Waals surface area contributed by atoms with Gasteiger partial charge in [0.25, 0.3) is 0 Å². The molecule has 7 nitrogen and oxygen atoms in total. The molecule has 1 aromatic heterocycles. The van der Waals surface area contributed by atoms with Crippen LogP contribution < -0.4 is 10.1 Å². The molecular weight excluding hydrogens is 436 g/mol. The fourth-order valence-electron chi connectivity index (χ4n) is 4.12. The van der Waals surface area contributed by atoms with E-state index in [0.29, 0.717) is 11.3 Å². The Kier molecular flexibility index (Phi) is 7.02. The third kappa shape index (κ3) is 5.05. The van der Waals surface area contributed by atoms with Crippen LogP contribution in [0.1, 0.15) is 55.8 Å². The average molecular weight is 463 g/mol. The number of rotatable bonds is 7. The van der Waals surface area contributed by atoms with Gasteiger partial charge in [-0.05, 0) is 62.4 Å². The van der Waals surface area contributed by atoms with E-state index in [4.69, 9.17) is 9.84 Å². The van der Waals surface area contributed by atoms with Crippen LogP contribution in [0.15, 0.2) is 36.4 Å². The number of nitrogens with zero attached hydrogens (tertiary/aromatic N) is 3. The highest BCUT2D eigenvalue weighted by Crippen LogP contribution is 2.39. The van der Waals surface area contributed by atoms with Crippen LogP contribution in [0.3, 0.4) is 0 Å². The minimum atomic E-state index is -0.156. The topological polar surface area (TPSA) is 108 Å². The number of aliphatic hydroxyl groups excluding tert-OH is 1. The van der Waals surface area contributed by atoms with E-state index in [1.165, 1.54) is 16.9 Å². The van der Waals surface area contributed by atoms with Crippen molar-refractivity contribution in [3.8, 4) is 33.0 Å². The van der Waals surface area contributed by atoms with Crippen molar-refractivity contribution in [1.82, 2.24) is 15.5 Å². The number of nitrogens with one attached hydrogen (secondary N) is 1. The van der Waals surface area contributed by atoms with E-state index >= 15 is 0 Å². The van der Waals surface area contributed by atoms with Crippen LogP contribution >= 0.6 is 11.3 Å². The molecule has 0 radical (unpaired) electrons. The van der Waals surface area contributed by atoms with Crippen LogP contribution in [-0.4, -0.2) is 33.9 Å². The van der Waals surface area contributed by atoms with Gasteiger partial charge in [-0.2, -0.15) is 5.26 Å². The summed E-state index contributed by atoms with van der Waals surface area (Å²) in [6, 6.07) is 13.7. The highest BCUT2D eigenvalue weighted by Gasteiger charge is 2.25. The lowest BCUT2D eigenvalue weighted by molar-refractivity contribution is -0.122. The van der Waals surface area contributed by atoms with Gasteiger partial charge in [-0.15, -0.1) is 10.2 Å².